The number of aliphatic imine (C=N–C) groups is 1. The van der Waals surface area contributed by atoms with Gasteiger partial charge in [0.1, 0.15) is 11.7 Å². The fourth-order valence-electron chi connectivity index (χ4n) is 5.61. The molecular formula is C30H31BrFN6OP. The number of aryl methyl sites for hydroxylation is 1. The highest BCUT2D eigenvalue weighted by molar-refractivity contribution is 9.10. The first-order valence-corrected chi connectivity index (χ1v) is 15.7. The molecule has 0 N–H and O–H groups in total. The molecule has 0 spiro atoms. The van der Waals surface area contributed by atoms with Crippen molar-refractivity contribution in [2.24, 2.45) is 9.74 Å². The van der Waals surface area contributed by atoms with E-state index in [2.05, 4.69) is 39.1 Å². The van der Waals surface area contributed by atoms with Crippen LogP contribution in [0.5, 0.6) is 0 Å². The van der Waals surface area contributed by atoms with Gasteiger partial charge >= 0.3 is 0 Å². The number of para-hydroxylation sites is 1. The van der Waals surface area contributed by atoms with Crippen molar-refractivity contribution in [1.29, 1.82) is 0 Å². The first-order chi connectivity index (χ1) is 19.3. The molecule has 2 aliphatic heterocycles. The minimum absolute atomic E-state index is 0.00728. The number of hydrogen-bond acceptors (Lipinski definition) is 4. The van der Waals surface area contributed by atoms with Gasteiger partial charge in [-0.3, -0.25) is 0 Å². The van der Waals surface area contributed by atoms with E-state index < -0.39 is 7.36 Å². The molecular weight excluding hydrogens is 590 g/mol. The fourth-order valence-corrected chi connectivity index (χ4v) is 10.1. The van der Waals surface area contributed by atoms with Gasteiger partial charge in [0.05, 0.1) is 40.1 Å². The van der Waals surface area contributed by atoms with Gasteiger partial charge < -0.3 is 9.41 Å². The van der Waals surface area contributed by atoms with Crippen LogP contribution in [0, 0.1) is 12.7 Å². The highest BCUT2D eigenvalue weighted by Gasteiger charge is 2.47. The molecule has 0 amide bonds. The lowest BCUT2D eigenvalue weighted by Gasteiger charge is -2.49. The minimum Gasteiger partial charge on any atom is -0.373 e. The highest BCUT2D eigenvalue weighted by atomic mass is 79.9. The number of hydrogen-bond donors (Lipinski definition) is 0. The van der Waals surface area contributed by atoms with Crippen molar-refractivity contribution in [3.63, 3.8) is 0 Å². The SMILES string of the molecule is Cc1nn(-c2ccccc2)c2c1[P@@](=Nc1ccccc1Br)(N1C[C@@H](C)O[C@@H](C)C1)N(C)C(c1ccccc1F)=N2. The zero-order chi connectivity index (χ0) is 28.0. The molecule has 6 rings (SSSR count). The summed E-state index contributed by atoms with van der Waals surface area (Å²) in [5.41, 5.74) is 2.98. The van der Waals surface area contributed by atoms with E-state index in [1.165, 1.54) is 6.07 Å². The molecule has 0 aliphatic carbocycles. The molecule has 40 heavy (non-hydrogen) atoms. The lowest BCUT2D eigenvalue weighted by Crippen LogP contribution is -2.50. The number of ether oxygens (including phenoxy) is 1. The Labute approximate surface area is 242 Å². The Kier molecular flexibility index (Phi) is 7.25. The van der Waals surface area contributed by atoms with E-state index in [0.29, 0.717) is 30.3 Å². The molecule has 1 fully saturated rings. The fraction of sp³-hybridized carbons (Fsp3) is 0.267. The molecule has 0 bridgehead atoms. The maximum Gasteiger partial charge on any atom is 0.170 e. The number of halogens is 2. The summed E-state index contributed by atoms with van der Waals surface area (Å²) < 4.78 is 34.6. The molecule has 10 heteroatoms. The quantitative estimate of drug-likeness (QED) is 0.226. The van der Waals surface area contributed by atoms with Crippen molar-refractivity contribution >= 4 is 45.9 Å². The van der Waals surface area contributed by atoms with Gasteiger partial charge in [-0.1, -0.05) is 42.5 Å². The topological polar surface area (TPSA) is 58.3 Å². The van der Waals surface area contributed by atoms with Crippen LogP contribution in [0.4, 0.5) is 15.9 Å². The van der Waals surface area contributed by atoms with E-state index in [-0.39, 0.29) is 18.0 Å². The average molecular weight is 621 g/mol. The second-order valence-corrected chi connectivity index (χ2v) is 14.0. The summed E-state index contributed by atoms with van der Waals surface area (Å²) in [5, 5.41) is 6.00. The molecule has 4 aromatic rings. The lowest BCUT2D eigenvalue weighted by atomic mass is 10.2. The third-order valence-electron chi connectivity index (χ3n) is 7.25. The Morgan fingerprint density at radius 1 is 0.950 bits per heavy atom. The number of nitrogens with zero attached hydrogens (tertiary/aromatic N) is 6. The van der Waals surface area contributed by atoms with Crippen LogP contribution in [0.1, 0.15) is 25.1 Å². The molecule has 2 aliphatic rings. The van der Waals surface area contributed by atoms with E-state index in [4.69, 9.17) is 19.6 Å². The Balaban J connectivity index is 1.74. The van der Waals surface area contributed by atoms with Gasteiger partial charge in [-0.15, -0.1) is 0 Å². The summed E-state index contributed by atoms with van der Waals surface area (Å²) in [5.74, 6) is 0.872. The second kappa shape index (κ2) is 10.7. The van der Waals surface area contributed by atoms with Gasteiger partial charge in [0, 0.05) is 24.6 Å². The zero-order valence-corrected chi connectivity index (χ0v) is 25.3. The number of fused-ring (bicyclic) bond motifs is 1. The van der Waals surface area contributed by atoms with Crippen molar-refractivity contribution < 1.29 is 9.13 Å². The highest BCUT2D eigenvalue weighted by Crippen LogP contribution is 2.62. The van der Waals surface area contributed by atoms with Crippen LogP contribution < -0.4 is 5.30 Å². The third kappa shape index (κ3) is 4.55. The van der Waals surface area contributed by atoms with Crippen molar-refractivity contribution in [1.82, 2.24) is 19.1 Å². The summed E-state index contributed by atoms with van der Waals surface area (Å²) in [6, 6.07) is 24.7. The molecule has 3 heterocycles. The van der Waals surface area contributed by atoms with Crippen LogP contribution in [0.2, 0.25) is 0 Å². The number of benzene rings is 3. The second-order valence-electron chi connectivity index (χ2n) is 10.2. The van der Waals surface area contributed by atoms with Gasteiger partial charge in [-0.25, -0.2) is 23.5 Å². The van der Waals surface area contributed by atoms with Crippen LogP contribution in [0.15, 0.2) is 93.1 Å². The summed E-state index contributed by atoms with van der Waals surface area (Å²) >= 11 is 3.74. The maximum absolute atomic E-state index is 15.5. The molecule has 7 nitrogen and oxygen atoms in total. The standard InChI is InChI=1S/C30H31BrFN6OP/c1-20-18-37(19-21(2)39-20)40(35-27-17-11-9-15-25(27)31)28-22(3)34-38(23-12-6-5-7-13-23)30(28)33-29(36(40)4)24-14-8-10-16-26(24)32/h5-17,20-21H,18-19H2,1-4H3/t20-,21+,40-/m0/s1. The lowest BCUT2D eigenvalue weighted by molar-refractivity contribution is -0.0442. The molecule has 0 unspecified atom stereocenters. The Morgan fingerprint density at radius 3 is 2.30 bits per heavy atom. The Hall–Kier alpha value is -3.10. The molecule has 0 saturated carbocycles. The van der Waals surface area contributed by atoms with Crippen molar-refractivity contribution in [2.45, 2.75) is 33.0 Å². The monoisotopic (exact) mass is 620 g/mol. The predicted octanol–water partition coefficient (Wildman–Crippen LogP) is 7.20. The van der Waals surface area contributed by atoms with Gasteiger partial charge in [-0.2, -0.15) is 5.10 Å². The number of morpholine rings is 1. The van der Waals surface area contributed by atoms with Crippen LogP contribution in [-0.2, 0) is 4.74 Å². The molecule has 1 aromatic heterocycles. The van der Waals surface area contributed by atoms with Gasteiger partial charge in [0.25, 0.3) is 0 Å². The predicted molar refractivity (Wildman–Crippen MR) is 163 cm³/mol. The Bertz CT molecular complexity index is 1650. The van der Waals surface area contributed by atoms with Crippen LogP contribution >= 0.6 is 23.3 Å². The van der Waals surface area contributed by atoms with Crippen molar-refractivity contribution in [3.05, 3.63) is 100 Å². The minimum atomic E-state index is -2.85. The third-order valence-corrected chi connectivity index (χ3v) is 11.7. The number of aromatic nitrogens is 2. The van der Waals surface area contributed by atoms with Crippen LogP contribution in [0.25, 0.3) is 5.69 Å². The number of rotatable bonds is 4. The molecule has 1 saturated heterocycles. The van der Waals surface area contributed by atoms with Crippen LogP contribution in [-0.4, -0.2) is 57.3 Å². The molecule has 3 atom stereocenters. The Morgan fingerprint density at radius 2 is 1.60 bits per heavy atom. The zero-order valence-electron chi connectivity index (χ0n) is 22.9. The first kappa shape index (κ1) is 27.1. The first-order valence-electron chi connectivity index (χ1n) is 13.3. The van der Waals surface area contributed by atoms with E-state index in [0.717, 1.165) is 26.8 Å². The normalized spacial score (nSPS) is 23.1. The van der Waals surface area contributed by atoms with Crippen molar-refractivity contribution in [2.75, 3.05) is 20.1 Å². The number of amidine groups is 1. The molecule has 0 radical (unpaired) electrons. The summed E-state index contributed by atoms with van der Waals surface area (Å²) in [6.45, 7) is 7.53. The van der Waals surface area contributed by atoms with Gasteiger partial charge in [0.15, 0.2) is 13.2 Å². The van der Waals surface area contributed by atoms with Gasteiger partial charge in [-0.05, 0) is 73.1 Å². The van der Waals surface area contributed by atoms with E-state index in [1.54, 1.807) is 12.1 Å². The summed E-state index contributed by atoms with van der Waals surface area (Å²) in [6.07, 6.45) is -0.0146. The van der Waals surface area contributed by atoms with Crippen LogP contribution in [0.3, 0.4) is 0 Å². The molecule has 206 valence electrons. The van der Waals surface area contributed by atoms with E-state index >= 15 is 4.39 Å². The molecule has 3 aromatic carbocycles. The van der Waals surface area contributed by atoms with Gasteiger partial charge in [0.2, 0.25) is 0 Å². The van der Waals surface area contributed by atoms with Crippen molar-refractivity contribution in [3.8, 4) is 5.69 Å². The smallest absolute Gasteiger partial charge is 0.170 e. The average Bonchev–Trinajstić information content (AvgIpc) is 3.28. The largest absolute Gasteiger partial charge is 0.373 e. The summed E-state index contributed by atoms with van der Waals surface area (Å²) in [7, 11) is -0.856. The summed E-state index contributed by atoms with van der Waals surface area (Å²) in [4.78, 5) is 5.15. The maximum atomic E-state index is 15.5. The van der Waals surface area contributed by atoms with E-state index in [9.17, 15) is 0 Å². The van der Waals surface area contributed by atoms with E-state index in [1.807, 2.05) is 79.3 Å².